The van der Waals surface area contributed by atoms with Gasteiger partial charge < -0.3 is 9.64 Å². The lowest BCUT2D eigenvalue weighted by Gasteiger charge is -2.14. The van der Waals surface area contributed by atoms with Crippen LogP contribution in [0.25, 0.3) is 10.8 Å². The van der Waals surface area contributed by atoms with Gasteiger partial charge in [0.15, 0.2) is 6.54 Å². The van der Waals surface area contributed by atoms with Gasteiger partial charge in [-0.05, 0) is 29.0 Å². The van der Waals surface area contributed by atoms with Gasteiger partial charge in [0.1, 0.15) is 12.3 Å². The Morgan fingerprint density at radius 2 is 1.78 bits per heavy atom. The van der Waals surface area contributed by atoms with E-state index < -0.39 is 0 Å². The molecule has 0 heterocycles. The van der Waals surface area contributed by atoms with E-state index in [0.29, 0.717) is 0 Å². The Labute approximate surface area is 135 Å². The number of nitrogens with one attached hydrogen (secondary N) is 3. The van der Waals surface area contributed by atoms with Gasteiger partial charge in [0.05, 0.1) is 14.2 Å². The highest BCUT2D eigenvalue weighted by atomic mass is 16.5. The van der Waals surface area contributed by atoms with E-state index in [1.54, 1.807) is 7.11 Å². The van der Waals surface area contributed by atoms with Crippen LogP contribution >= 0.6 is 0 Å². The zero-order chi connectivity index (χ0) is 16.8. The summed E-state index contributed by atoms with van der Waals surface area (Å²) in [5.74, 6) is 0.326. The van der Waals surface area contributed by atoms with E-state index in [0.717, 1.165) is 33.5 Å². The molecule has 0 fully saturated rings. The van der Waals surface area contributed by atoms with Gasteiger partial charge >= 0.3 is 0 Å². The van der Waals surface area contributed by atoms with Crippen molar-refractivity contribution in [2.24, 2.45) is 0 Å². The summed E-state index contributed by atoms with van der Waals surface area (Å²) in [4.78, 5) is 23.5. The Kier molecular flexibility index (Phi) is 5.54. The third-order valence-electron chi connectivity index (χ3n) is 3.46. The molecule has 0 saturated carbocycles. The summed E-state index contributed by atoms with van der Waals surface area (Å²) in [5.41, 5.74) is 5.80. The van der Waals surface area contributed by atoms with Crippen LogP contribution in [-0.2, 0) is 16.1 Å². The molecule has 1 unspecified atom stereocenters. The number of carbonyl (C=O) groups excluding carboxylic acids is 2. The van der Waals surface area contributed by atoms with Gasteiger partial charge in [-0.3, -0.25) is 20.4 Å². The SMILES string of the molecule is COc1ccc2cc(C[NH+](C)CC(=O)NNC(C)=O)ccc2c1. The van der Waals surface area contributed by atoms with Crippen LogP contribution in [0.3, 0.4) is 0 Å². The lowest BCUT2D eigenvalue weighted by atomic mass is 10.1. The van der Waals surface area contributed by atoms with E-state index in [-0.39, 0.29) is 18.4 Å². The molecule has 0 spiro atoms. The molecule has 0 saturated heterocycles. The van der Waals surface area contributed by atoms with Crippen LogP contribution in [0, 0.1) is 0 Å². The quantitative estimate of drug-likeness (QED) is 0.682. The summed E-state index contributed by atoms with van der Waals surface area (Å²) in [6.07, 6.45) is 0. The van der Waals surface area contributed by atoms with E-state index in [2.05, 4.69) is 29.1 Å². The first-order valence-electron chi connectivity index (χ1n) is 7.41. The lowest BCUT2D eigenvalue weighted by Crippen LogP contribution is -3.09. The number of hydrogen-bond donors (Lipinski definition) is 3. The molecule has 6 nitrogen and oxygen atoms in total. The number of methoxy groups -OCH3 is 1. The zero-order valence-electron chi connectivity index (χ0n) is 13.6. The molecule has 23 heavy (non-hydrogen) atoms. The van der Waals surface area contributed by atoms with Crippen LogP contribution in [0.5, 0.6) is 5.75 Å². The Morgan fingerprint density at radius 1 is 1.09 bits per heavy atom. The van der Waals surface area contributed by atoms with E-state index in [4.69, 9.17) is 4.74 Å². The second kappa shape index (κ2) is 7.60. The van der Waals surface area contributed by atoms with E-state index in [1.165, 1.54) is 6.92 Å². The number of ether oxygens (including phenoxy) is 1. The van der Waals surface area contributed by atoms with Crippen molar-refractivity contribution < 1.29 is 19.2 Å². The van der Waals surface area contributed by atoms with Gasteiger partial charge in [-0.2, -0.15) is 0 Å². The van der Waals surface area contributed by atoms with E-state index >= 15 is 0 Å². The molecule has 122 valence electrons. The van der Waals surface area contributed by atoms with Gasteiger partial charge in [0.2, 0.25) is 5.91 Å². The fraction of sp³-hybridized carbons (Fsp3) is 0.294. The molecule has 0 aliphatic heterocycles. The fourth-order valence-electron chi connectivity index (χ4n) is 2.40. The first-order chi connectivity index (χ1) is 11.0. The summed E-state index contributed by atoms with van der Waals surface area (Å²) >= 11 is 0. The molecular formula is C17H22N3O3+. The molecule has 2 amide bonds. The Hall–Kier alpha value is -2.60. The van der Waals surface area contributed by atoms with Crippen molar-refractivity contribution in [2.75, 3.05) is 20.7 Å². The molecule has 1 atom stereocenters. The minimum atomic E-state index is -0.291. The molecule has 0 bridgehead atoms. The number of likely N-dealkylation sites (N-methyl/N-ethyl adjacent to an activating group) is 1. The largest absolute Gasteiger partial charge is 0.497 e. The Balaban J connectivity index is 1.98. The van der Waals surface area contributed by atoms with Crippen molar-refractivity contribution in [1.82, 2.24) is 10.9 Å². The maximum absolute atomic E-state index is 11.7. The predicted molar refractivity (Wildman–Crippen MR) is 87.9 cm³/mol. The average Bonchev–Trinajstić information content (AvgIpc) is 2.52. The minimum absolute atomic E-state index is 0.219. The number of fused-ring (bicyclic) bond motifs is 1. The molecule has 2 aromatic carbocycles. The van der Waals surface area contributed by atoms with Crippen LogP contribution < -0.4 is 20.5 Å². The molecule has 0 aliphatic rings. The van der Waals surface area contributed by atoms with Crippen molar-refractivity contribution >= 4 is 22.6 Å². The molecular weight excluding hydrogens is 294 g/mol. The number of benzene rings is 2. The summed E-state index contributed by atoms with van der Waals surface area (Å²) in [6.45, 7) is 2.34. The van der Waals surface area contributed by atoms with Gasteiger partial charge in [0.25, 0.3) is 5.91 Å². The van der Waals surface area contributed by atoms with E-state index in [1.807, 2.05) is 25.2 Å². The maximum atomic E-state index is 11.7. The highest BCUT2D eigenvalue weighted by molar-refractivity contribution is 5.84. The van der Waals surface area contributed by atoms with Crippen molar-refractivity contribution in [3.8, 4) is 5.75 Å². The number of hydrazine groups is 1. The number of hydrogen-bond acceptors (Lipinski definition) is 3. The molecule has 0 aliphatic carbocycles. The van der Waals surface area contributed by atoms with Gasteiger partial charge in [-0.25, -0.2) is 0 Å². The molecule has 0 radical (unpaired) electrons. The van der Waals surface area contributed by atoms with Crippen molar-refractivity contribution in [3.63, 3.8) is 0 Å². The predicted octanol–water partition coefficient (Wildman–Crippen LogP) is 0.0304. The number of amides is 2. The lowest BCUT2D eigenvalue weighted by molar-refractivity contribution is -0.885. The second-order valence-corrected chi connectivity index (χ2v) is 5.59. The van der Waals surface area contributed by atoms with E-state index in [9.17, 15) is 9.59 Å². The molecule has 2 aromatic rings. The van der Waals surface area contributed by atoms with Crippen LogP contribution in [0.2, 0.25) is 0 Å². The van der Waals surface area contributed by atoms with Gasteiger partial charge in [-0.1, -0.05) is 18.2 Å². The van der Waals surface area contributed by atoms with Crippen LogP contribution in [0.15, 0.2) is 36.4 Å². The standard InChI is InChI=1S/C17H21N3O3/c1-12(21)18-19-17(22)11-20(2)10-13-4-5-15-9-16(23-3)7-6-14(15)8-13/h4-9H,10-11H2,1-3H3,(H,18,21)(H,19,22)/p+1. The second-order valence-electron chi connectivity index (χ2n) is 5.59. The Bertz CT molecular complexity index is 715. The maximum Gasteiger partial charge on any atom is 0.293 e. The number of quaternary nitrogens is 1. The van der Waals surface area contributed by atoms with Gasteiger partial charge in [-0.15, -0.1) is 0 Å². The topological polar surface area (TPSA) is 71.9 Å². The fourth-order valence-corrected chi connectivity index (χ4v) is 2.40. The summed E-state index contributed by atoms with van der Waals surface area (Å²) in [6, 6.07) is 12.2. The average molecular weight is 316 g/mol. The van der Waals surface area contributed by atoms with Gasteiger partial charge in [0, 0.05) is 12.5 Å². The molecule has 0 aromatic heterocycles. The molecule has 6 heteroatoms. The highest BCUT2D eigenvalue weighted by Gasteiger charge is 2.11. The first-order valence-corrected chi connectivity index (χ1v) is 7.41. The first kappa shape index (κ1) is 16.8. The normalized spacial score (nSPS) is 11.8. The summed E-state index contributed by atoms with van der Waals surface area (Å²) < 4.78 is 5.22. The molecule has 2 rings (SSSR count). The van der Waals surface area contributed by atoms with Crippen molar-refractivity contribution in [1.29, 1.82) is 0 Å². The Morgan fingerprint density at radius 3 is 2.48 bits per heavy atom. The van der Waals surface area contributed by atoms with Crippen LogP contribution in [0.4, 0.5) is 0 Å². The zero-order valence-corrected chi connectivity index (χ0v) is 13.6. The highest BCUT2D eigenvalue weighted by Crippen LogP contribution is 2.21. The minimum Gasteiger partial charge on any atom is -0.497 e. The summed E-state index contributed by atoms with van der Waals surface area (Å²) in [7, 11) is 3.59. The van der Waals surface area contributed by atoms with Crippen molar-refractivity contribution in [3.05, 3.63) is 42.0 Å². The number of rotatable bonds is 5. The number of carbonyl (C=O) groups is 2. The molecule has 3 N–H and O–H groups in total. The van der Waals surface area contributed by atoms with Crippen LogP contribution in [-0.4, -0.2) is 32.5 Å². The van der Waals surface area contributed by atoms with Crippen molar-refractivity contribution in [2.45, 2.75) is 13.5 Å². The summed E-state index contributed by atoms with van der Waals surface area (Å²) in [5, 5.41) is 2.26. The van der Waals surface area contributed by atoms with Crippen LogP contribution in [0.1, 0.15) is 12.5 Å². The third kappa shape index (κ3) is 4.96. The monoisotopic (exact) mass is 316 g/mol. The third-order valence-corrected chi connectivity index (χ3v) is 3.46. The smallest absolute Gasteiger partial charge is 0.293 e.